The molecule has 0 saturated heterocycles. The number of benzene rings is 3. The molecule has 0 radical (unpaired) electrons. The summed E-state index contributed by atoms with van der Waals surface area (Å²) in [5, 5.41) is 3.94. The van der Waals surface area contributed by atoms with E-state index < -0.39 is 8.07 Å². The molecule has 158 valence electrons. The zero-order chi connectivity index (χ0) is 21.5. The Hall–Kier alpha value is -3.31. The van der Waals surface area contributed by atoms with Gasteiger partial charge in [0, 0.05) is 18.6 Å². The highest BCUT2D eigenvalue weighted by Crippen LogP contribution is 2.18. The summed E-state index contributed by atoms with van der Waals surface area (Å²) in [6.45, 7) is 5.33. The molecule has 31 heavy (non-hydrogen) atoms. The first-order chi connectivity index (χ1) is 15.3. The van der Waals surface area contributed by atoms with Gasteiger partial charge in [0.2, 0.25) is 0 Å². The fourth-order valence-corrected chi connectivity index (χ4v) is 8.77. The zero-order valence-electron chi connectivity index (χ0n) is 18.1. The number of aromatic nitrogens is 2. The first-order valence-corrected chi connectivity index (χ1v) is 12.9. The van der Waals surface area contributed by atoms with Crippen molar-refractivity contribution in [2.24, 2.45) is 0 Å². The molecule has 4 aromatic rings. The van der Waals surface area contributed by atoms with Crippen molar-refractivity contribution < 1.29 is 9.47 Å². The molecule has 0 N–H and O–H groups in total. The predicted molar refractivity (Wildman–Crippen MR) is 129 cm³/mol. The van der Waals surface area contributed by atoms with E-state index in [1.807, 2.05) is 44.7 Å². The van der Waals surface area contributed by atoms with E-state index in [-0.39, 0.29) is 0 Å². The van der Waals surface area contributed by atoms with Gasteiger partial charge in [-0.3, -0.25) is 0 Å². The molecule has 0 unspecified atom stereocenters. The minimum atomic E-state index is -2.49. The van der Waals surface area contributed by atoms with Crippen LogP contribution in [0.2, 0.25) is 0 Å². The van der Waals surface area contributed by atoms with Crippen molar-refractivity contribution in [3.63, 3.8) is 0 Å². The van der Waals surface area contributed by atoms with E-state index in [0.29, 0.717) is 13.2 Å². The van der Waals surface area contributed by atoms with Crippen LogP contribution in [-0.2, 0) is 6.17 Å². The van der Waals surface area contributed by atoms with Crippen molar-refractivity contribution in [2.45, 2.75) is 20.0 Å². The van der Waals surface area contributed by atoms with Gasteiger partial charge in [-0.1, -0.05) is 54.6 Å². The van der Waals surface area contributed by atoms with Gasteiger partial charge in [0.15, 0.2) is 8.07 Å². The molecule has 0 bridgehead atoms. The van der Waals surface area contributed by atoms with Gasteiger partial charge in [0.1, 0.15) is 11.5 Å². The molecule has 1 heterocycles. The molecular weight excluding hydrogens is 400 g/mol. The predicted octanol–water partition coefficient (Wildman–Crippen LogP) is 3.39. The van der Waals surface area contributed by atoms with E-state index in [9.17, 15) is 0 Å². The number of hydrogen-bond acceptors (Lipinski definition) is 3. The van der Waals surface area contributed by atoms with Crippen molar-refractivity contribution in [3.8, 4) is 11.5 Å². The third-order valence-electron chi connectivity index (χ3n) is 5.52. The van der Waals surface area contributed by atoms with Crippen LogP contribution < -0.4 is 25.0 Å². The molecule has 0 spiro atoms. The largest absolute Gasteiger partial charge is 0.494 e. The molecule has 1 aromatic heterocycles. The van der Waals surface area contributed by atoms with Crippen LogP contribution in [-0.4, -0.2) is 30.8 Å². The topological polar surface area (TPSA) is 36.3 Å². The number of hydrogen-bond donors (Lipinski definition) is 0. The van der Waals surface area contributed by atoms with Crippen LogP contribution in [0.15, 0.2) is 97.6 Å². The lowest BCUT2D eigenvalue weighted by Crippen LogP contribution is -2.69. The summed E-state index contributed by atoms with van der Waals surface area (Å²) in [6, 6.07) is 28.0. The summed E-state index contributed by atoms with van der Waals surface area (Å²) in [5.74, 6) is 1.80. The molecule has 0 fully saturated rings. The molecule has 0 atom stereocenters. The highest BCUT2D eigenvalue weighted by atomic mass is 28.3. The van der Waals surface area contributed by atoms with Crippen molar-refractivity contribution in [1.29, 1.82) is 0 Å². The lowest BCUT2D eigenvalue weighted by atomic mass is 10.3. The van der Waals surface area contributed by atoms with Gasteiger partial charge in [-0.15, -0.1) is 0 Å². The number of imidazole rings is 1. The molecule has 0 saturated carbocycles. The standard InChI is InChI=1S/C26H28N2O2Si/c1-3-29-22-10-8-14-25(18-22)31(21-28-17-16-27-20-28,24-12-6-5-7-13-24)26-15-9-11-23(19-26)30-4-2/h5-20H,3-4,21H2,1-2H3. The second-order valence-electron chi connectivity index (χ2n) is 7.43. The van der Waals surface area contributed by atoms with Gasteiger partial charge < -0.3 is 14.0 Å². The van der Waals surface area contributed by atoms with Crippen molar-refractivity contribution in [2.75, 3.05) is 13.2 Å². The van der Waals surface area contributed by atoms with Gasteiger partial charge >= 0.3 is 0 Å². The Morgan fingerprint density at radius 2 is 1.32 bits per heavy atom. The summed E-state index contributed by atoms with van der Waals surface area (Å²) in [5.41, 5.74) is 0. The van der Waals surface area contributed by atoms with E-state index in [1.54, 1.807) is 0 Å². The highest BCUT2D eigenvalue weighted by molar-refractivity contribution is 7.10. The van der Waals surface area contributed by atoms with E-state index in [2.05, 4.69) is 76.3 Å². The van der Waals surface area contributed by atoms with Crippen LogP contribution in [0.5, 0.6) is 11.5 Å². The summed E-state index contributed by atoms with van der Waals surface area (Å²) in [7, 11) is -2.49. The van der Waals surface area contributed by atoms with Gasteiger partial charge in [-0.25, -0.2) is 4.98 Å². The van der Waals surface area contributed by atoms with Crippen molar-refractivity contribution in [3.05, 3.63) is 97.6 Å². The van der Waals surface area contributed by atoms with Crippen LogP contribution in [0, 0.1) is 0 Å². The first-order valence-electron chi connectivity index (χ1n) is 10.7. The third-order valence-corrected chi connectivity index (χ3v) is 10.3. The Bertz CT molecular complexity index is 1050. The summed E-state index contributed by atoms with van der Waals surface area (Å²) >= 11 is 0. The van der Waals surface area contributed by atoms with Crippen molar-refractivity contribution >= 4 is 23.6 Å². The molecule has 3 aromatic carbocycles. The molecular formula is C26H28N2O2Si. The molecule has 4 rings (SSSR count). The maximum absolute atomic E-state index is 5.89. The third kappa shape index (κ3) is 4.42. The molecule has 0 amide bonds. The first kappa shape index (κ1) is 20.9. The summed E-state index contributed by atoms with van der Waals surface area (Å²) < 4.78 is 14.0. The van der Waals surface area contributed by atoms with E-state index in [0.717, 1.165) is 17.7 Å². The average molecular weight is 429 g/mol. The van der Waals surface area contributed by atoms with E-state index in [4.69, 9.17) is 9.47 Å². The monoisotopic (exact) mass is 428 g/mol. The lowest BCUT2D eigenvalue weighted by molar-refractivity contribution is 0.340. The van der Waals surface area contributed by atoms with Gasteiger partial charge in [0.05, 0.1) is 19.5 Å². The normalized spacial score (nSPS) is 11.3. The fourth-order valence-electron chi connectivity index (χ4n) is 4.19. The van der Waals surface area contributed by atoms with Crippen LogP contribution >= 0.6 is 0 Å². The van der Waals surface area contributed by atoms with Gasteiger partial charge in [-0.05, 0) is 53.7 Å². The summed E-state index contributed by atoms with van der Waals surface area (Å²) in [6.07, 6.45) is 6.63. The average Bonchev–Trinajstić information content (AvgIpc) is 3.32. The maximum atomic E-state index is 5.89. The van der Waals surface area contributed by atoms with Crippen molar-refractivity contribution in [1.82, 2.24) is 9.55 Å². The van der Waals surface area contributed by atoms with Gasteiger partial charge in [-0.2, -0.15) is 0 Å². The molecule has 0 aliphatic heterocycles. The van der Waals surface area contributed by atoms with E-state index >= 15 is 0 Å². The van der Waals surface area contributed by atoms with Crippen LogP contribution in [0.1, 0.15) is 13.8 Å². The van der Waals surface area contributed by atoms with Crippen LogP contribution in [0.3, 0.4) is 0 Å². The number of nitrogens with zero attached hydrogens (tertiary/aromatic N) is 2. The Morgan fingerprint density at radius 1 is 0.742 bits per heavy atom. The van der Waals surface area contributed by atoms with Crippen LogP contribution in [0.4, 0.5) is 0 Å². The lowest BCUT2D eigenvalue weighted by Gasteiger charge is -2.34. The molecule has 4 nitrogen and oxygen atoms in total. The Labute approximate surface area is 185 Å². The second kappa shape index (κ2) is 9.66. The Morgan fingerprint density at radius 3 is 1.84 bits per heavy atom. The summed E-state index contributed by atoms with van der Waals surface area (Å²) in [4.78, 5) is 4.32. The minimum Gasteiger partial charge on any atom is -0.494 e. The fraction of sp³-hybridized carbons (Fsp3) is 0.192. The Balaban J connectivity index is 1.99. The molecule has 5 heteroatoms. The zero-order valence-corrected chi connectivity index (χ0v) is 19.1. The number of rotatable bonds is 9. The smallest absolute Gasteiger partial charge is 0.168 e. The molecule has 0 aliphatic carbocycles. The maximum Gasteiger partial charge on any atom is 0.168 e. The second-order valence-corrected chi connectivity index (χ2v) is 11.3. The van der Waals surface area contributed by atoms with Crippen LogP contribution in [0.25, 0.3) is 0 Å². The SMILES string of the molecule is CCOc1cccc([Si](Cn2ccnc2)(c2ccccc2)c2cccc(OCC)c2)c1. The quantitative estimate of drug-likeness (QED) is 0.303. The minimum absolute atomic E-state index is 0.644. The number of ether oxygens (including phenoxy) is 2. The van der Waals surface area contributed by atoms with E-state index in [1.165, 1.54) is 15.6 Å². The molecule has 0 aliphatic rings. The highest BCUT2D eigenvalue weighted by Gasteiger charge is 2.40. The van der Waals surface area contributed by atoms with Gasteiger partial charge in [0.25, 0.3) is 0 Å². The Kier molecular flexibility index (Phi) is 6.53.